The monoisotopic (exact) mass is 310 g/mol. The van der Waals surface area contributed by atoms with E-state index >= 15 is 0 Å². The molecule has 116 valence electrons. The van der Waals surface area contributed by atoms with Crippen LogP contribution < -0.4 is 5.32 Å². The lowest BCUT2D eigenvalue weighted by atomic mass is 10.2. The van der Waals surface area contributed by atoms with Gasteiger partial charge in [0.05, 0.1) is 4.90 Å². The average Bonchev–Trinajstić information content (AvgIpc) is 2.91. The highest BCUT2D eigenvalue weighted by molar-refractivity contribution is 7.90. The van der Waals surface area contributed by atoms with E-state index in [1.165, 1.54) is 12.1 Å². The highest BCUT2D eigenvalue weighted by atomic mass is 32.2. The second-order valence-electron chi connectivity index (χ2n) is 5.43. The van der Waals surface area contributed by atoms with Crippen molar-refractivity contribution in [3.05, 3.63) is 29.8 Å². The Morgan fingerprint density at radius 3 is 2.86 bits per heavy atom. The minimum atomic E-state index is -3.29. The summed E-state index contributed by atoms with van der Waals surface area (Å²) >= 11 is 0. The number of hydrogen-bond acceptors (Lipinski definition) is 4. The first-order valence-corrected chi connectivity index (χ1v) is 9.13. The summed E-state index contributed by atoms with van der Waals surface area (Å²) in [5.41, 5.74) is 0.388. The highest BCUT2D eigenvalue weighted by Crippen LogP contribution is 2.16. The maximum Gasteiger partial charge on any atom is 0.251 e. The molecule has 1 amide bonds. The van der Waals surface area contributed by atoms with Crippen molar-refractivity contribution in [3.63, 3.8) is 0 Å². The maximum atomic E-state index is 12.2. The van der Waals surface area contributed by atoms with Crippen molar-refractivity contribution in [2.24, 2.45) is 0 Å². The number of benzene rings is 1. The average molecular weight is 310 g/mol. The van der Waals surface area contributed by atoms with Crippen molar-refractivity contribution >= 4 is 15.7 Å². The smallest absolute Gasteiger partial charge is 0.251 e. The van der Waals surface area contributed by atoms with Gasteiger partial charge in [0.15, 0.2) is 9.84 Å². The molecule has 1 atom stereocenters. The van der Waals surface area contributed by atoms with Gasteiger partial charge in [-0.15, -0.1) is 0 Å². The summed E-state index contributed by atoms with van der Waals surface area (Å²) in [6, 6.07) is 6.55. The predicted octanol–water partition coefficient (Wildman–Crippen LogP) is 1.30. The van der Waals surface area contributed by atoms with E-state index in [9.17, 15) is 13.2 Å². The van der Waals surface area contributed by atoms with E-state index in [1.807, 2.05) is 0 Å². The Hall–Kier alpha value is -1.40. The Morgan fingerprint density at radius 1 is 1.43 bits per heavy atom. The molecular formula is C15H22N2O3S. The molecule has 1 heterocycles. The van der Waals surface area contributed by atoms with Gasteiger partial charge in [-0.2, -0.15) is 0 Å². The molecule has 1 aromatic carbocycles. The zero-order valence-electron chi connectivity index (χ0n) is 12.5. The van der Waals surface area contributed by atoms with E-state index in [4.69, 9.17) is 0 Å². The summed E-state index contributed by atoms with van der Waals surface area (Å²) in [6.07, 6.45) is 3.40. The molecule has 6 heteroatoms. The Bertz CT molecular complexity index is 613. The quantitative estimate of drug-likeness (QED) is 0.890. The van der Waals surface area contributed by atoms with Gasteiger partial charge >= 0.3 is 0 Å². The molecular weight excluding hydrogens is 288 g/mol. The summed E-state index contributed by atoms with van der Waals surface area (Å²) in [7, 11) is -3.29. The van der Waals surface area contributed by atoms with Crippen LogP contribution in [0.25, 0.3) is 0 Å². The number of amides is 1. The molecule has 0 saturated carbocycles. The third kappa shape index (κ3) is 4.04. The van der Waals surface area contributed by atoms with Gasteiger partial charge < -0.3 is 5.32 Å². The minimum Gasteiger partial charge on any atom is -0.350 e. The standard InChI is InChI=1S/C15H22N2O3S/c1-3-17-9-5-7-13(17)11-16-15(18)12-6-4-8-14(10-12)21(2,19)20/h4,6,8,10,13H,3,5,7,9,11H2,1-2H3,(H,16,18). The maximum absolute atomic E-state index is 12.2. The van der Waals surface area contributed by atoms with E-state index in [2.05, 4.69) is 17.1 Å². The van der Waals surface area contributed by atoms with Crippen molar-refractivity contribution in [1.82, 2.24) is 10.2 Å². The molecule has 0 radical (unpaired) electrons. The summed E-state index contributed by atoms with van der Waals surface area (Å²) < 4.78 is 23.0. The van der Waals surface area contributed by atoms with Gasteiger partial charge in [0.2, 0.25) is 0 Å². The van der Waals surface area contributed by atoms with Crippen molar-refractivity contribution < 1.29 is 13.2 Å². The van der Waals surface area contributed by atoms with Gasteiger partial charge in [-0.3, -0.25) is 9.69 Å². The fourth-order valence-corrected chi connectivity index (χ4v) is 3.39. The number of likely N-dealkylation sites (tertiary alicyclic amines) is 1. The van der Waals surface area contributed by atoms with E-state index in [0.717, 1.165) is 32.2 Å². The fraction of sp³-hybridized carbons (Fsp3) is 0.533. The van der Waals surface area contributed by atoms with Gasteiger partial charge in [0.25, 0.3) is 5.91 Å². The lowest BCUT2D eigenvalue weighted by Crippen LogP contribution is -2.40. The predicted molar refractivity (Wildman–Crippen MR) is 82.2 cm³/mol. The molecule has 0 bridgehead atoms. The van der Waals surface area contributed by atoms with Crippen LogP contribution >= 0.6 is 0 Å². The van der Waals surface area contributed by atoms with Gasteiger partial charge in [-0.05, 0) is 44.1 Å². The summed E-state index contributed by atoms with van der Waals surface area (Å²) in [6.45, 7) is 4.80. The minimum absolute atomic E-state index is 0.172. The number of carbonyl (C=O) groups excluding carboxylic acids is 1. The number of carbonyl (C=O) groups is 1. The van der Waals surface area contributed by atoms with Crippen molar-refractivity contribution in [2.75, 3.05) is 25.9 Å². The molecule has 1 aliphatic rings. The van der Waals surface area contributed by atoms with Crippen LogP contribution in [-0.2, 0) is 9.84 Å². The van der Waals surface area contributed by atoms with Crippen molar-refractivity contribution in [1.29, 1.82) is 0 Å². The van der Waals surface area contributed by atoms with Crippen LogP contribution in [0.15, 0.2) is 29.2 Å². The molecule has 1 fully saturated rings. The lowest BCUT2D eigenvalue weighted by Gasteiger charge is -2.22. The molecule has 0 aromatic heterocycles. The Balaban J connectivity index is 2.01. The third-order valence-corrected chi connectivity index (χ3v) is 5.04. The highest BCUT2D eigenvalue weighted by Gasteiger charge is 2.23. The molecule has 1 N–H and O–H groups in total. The number of rotatable bonds is 5. The van der Waals surface area contributed by atoms with Crippen molar-refractivity contribution in [2.45, 2.75) is 30.7 Å². The number of likely N-dealkylation sites (N-methyl/N-ethyl adjacent to an activating group) is 1. The van der Waals surface area contributed by atoms with Crippen LogP contribution in [0.1, 0.15) is 30.1 Å². The lowest BCUT2D eigenvalue weighted by molar-refractivity contribution is 0.0941. The zero-order chi connectivity index (χ0) is 15.5. The SMILES string of the molecule is CCN1CCCC1CNC(=O)c1cccc(S(C)(=O)=O)c1. The molecule has 5 nitrogen and oxygen atoms in total. The first-order chi connectivity index (χ1) is 9.91. The van der Waals surface area contributed by atoms with Crippen LogP contribution in [0.4, 0.5) is 0 Å². The molecule has 1 aromatic rings. The molecule has 1 unspecified atom stereocenters. The van der Waals surface area contributed by atoms with Crippen LogP contribution in [-0.4, -0.2) is 51.2 Å². The molecule has 0 aliphatic carbocycles. The van der Waals surface area contributed by atoms with E-state index in [1.54, 1.807) is 12.1 Å². The molecule has 0 spiro atoms. The Morgan fingerprint density at radius 2 is 2.19 bits per heavy atom. The van der Waals surface area contributed by atoms with Crippen LogP contribution in [0, 0.1) is 0 Å². The Labute approximate surface area is 126 Å². The number of nitrogens with one attached hydrogen (secondary N) is 1. The second kappa shape index (κ2) is 6.58. The van der Waals surface area contributed by atoms with E-state index in [0.29, 0.717) is 18.2 Å². The Kier molecular flexibility index (Phi) is 5.00. The third-order valence-electron chi connectivity index (χ3n) is 3.93. The van der Waals surface area contributed by atoms with E-state index < -0.39 is 9.84 Å². The fourth-order valence-electron chi connectivity index (χ4n) is 2.72. The number of nitrogens with zero attached hydrogens (tertiary/aromatic N) is 1. The zero-order valence-corrected chi connectivity index (χ0v) is 13.3. The van der Waals surface area contributed by atoms with Crippen LogP contribution in [0.2, 0.25) is 0 Å². The summed E-state index contributed by atoms with van der Waals surface area (Å²) in [5.74, 6) is -0.219. The van der Waals surface area contributed by atoms with Crippen LogP contribution in [0.3, 0.4) is 0 Å². The van der Waals surface area contributed by atoms with Crippen molar-refractivity contribution in [3.8, 4) is 0 Å². The van der Waals surface area contributed by atoms with Gasteiger partial charge in [-0.25, -0.2) is 8.42 Å². The normalized spacial score (nSPS) is 19.6. The molecule has 1 aliphatic heterocycles. The number of sulfone groups is 1. The first-order valence-electron chi connectivity index (χ1n) is 7.24. The van der Waals surface area contributed by atoms with Gasteiger partial charge in [0, 0.05) is 24.4 Å². The largest absolute Gasteiger partial charge is 0.350 e. The van der Waals surface area contributed by atoms with Gasteiger partial charge in [0.1, 0.15) is 0 Å². The van der Waals surface area contributed by atoms with Gasteiger partial charge in [-0.1, -0.05) is 13.0 Å². The first kappa shape index (κ1) is 16.0. The molecule has 21 heavy (non-hydrogen) atoms. The van der Waals surface area contributed by atoms with Crippen LogP contribution in [0.5, 0.6) is 0 Å². The second-order valence-corrected chi connectivity index (χ2v) is 7.45. The number of hydrogen-bond donors (Lipinski definition) is 1. The summed E-state index contributed by atoms with van der Waals surface area (Å²) in [4.78, 5) is 14.7. The van der Waals surface area contributed by atoms with E-state index in [-0.39, 0.29) is 10.8 Å². The molecule has 2 rings (SSSR count). The topological polar surface area (TPSA) is 66.5 Å². The summed E-state index contributed by atoms with van der Waals surface area (Å²) in [5, 5.41) is 2.91. The molecule has 1 saturated heterocycles.